The molecule has 0 radical (unpaired) electrons. The van der Waals surface area contributed by atoms with Gasteiger partial charge in [0.1, 0.15) is 23.9 Å². The van der Waals surface area contributed by atoms with Crippen LogP contribution in [0, 0.1) is 17.8 Å². The lowest BCUT2D eigenvalue weighted by atomic mass is 9.78. The van der Waals surface area contributed by atoms with Gasteiger partial charge in [0.15, 0.2) is 12.6 Å². The van der Waals surface area contributed by atoms with Crippen molar-refractivity contribution in [2.24, 2.45) is 17.8 Å². The Bertz CT molecular complexity index is 1300. The van der Waals surface area contributed by atoms with Gasteiger partial charge in [-0.15, -0.1) is 0 Å². The first-order valence-corrected chi connectivity index (χ1v) is 20.7. The molecule has 5 saturated heterocycles. The van der Waals surface area contributed by atoms with E-state index in [-0.39, 0.29) is 43.7 Å². The SMILES string of the molecule is C=C1CO[C@@H]2[C@@H](C)CN(C)[C@H](C)C[C@@](C)(OC1)[C@H](O[C@@H]1O[C@H](C)C[C@H](N(C)C)[C@H]1O)[C@@H](C)[C@H](O[C@H]1C[C@@](C)(OC)[C@@H](O)[C@H](C)O1)[C@@H](C)C(=O)O[C@H](CC)[C@@]2(C)O. The van der Waals surface area contributed by atoms with Crippen LogP contribution >= 0.6 is 0 Å². The molecule has 18 atom stereocenters. The van der Waals surface area contributed by atoms with E-state index >= 15 is 0 Å². The maximum absolute atomic E-state index is 14.5. The highest BCUT2D eigenvalue weighted by molar-refractivity contribution is 5.73. The second kappa shape index (κ2) is 19.0. The fraction of sp³-hybridized carbons (Fsp3) is 0.929. The van der Waals surface area contributed by atoms with Gasteiger partial charge in [0.25, 0.3) is 0 Å². The Morgan fingerprint density at radius 1 is 1.00 bits per heavy atom. The van der Waals surface area contributed by atoms with Crippen molar-refractivity contribution in [1.29, 1.82) is 0 Å². The number of ether oxygens (including phenoxy) is 8. The second-order valence-corrected chi connectivity index (χ2v) is 18.4. The van der Waals surface area contributed by atoms with Crippen LogP contribution in [0.2, 0.25) is 0 Å². The van der Waals surface area contributed by atoms with Gasteiger partial charge >= 0.3 is 5.97 Å². The molecule has 0 amide bonds. The summed E-state index contributed by atoms with van der Waals surface area (Å²) in [5.74, 6) is -2.30. The molecule has 3 N–H and O–H groups in total. The predicted molar refractivity (Wildman–Crippen MR) is 211 cm³/mol. The van der Waals surface area contributed by atoms with Crippen LogP contribution in [0.3, 0.4) is 0 Å². The molecule has 0 aromatic rings. The van der Waals surface area contributed by atoms with Gasteiger partial charge in [-0.05, 0) is 100 Å². The van der Waals surface area contributed by atoms with Crippen molar-refractivity contribution >= 4 is 5.97 Å². The maximum atomic E-state index is 14.5. The van der Waals surface area contributed by atoms with Gasteiger partial charge in [-0.2, -0.15) is 0 Å². The number of aliphatic hydroxyl groups is 3. The molecular weight excluding hydrogens is 724 g/mol. The van der Waals surface area contributed by atoms with Crippen LogP contribution in [0.4, 0.5) is 0 Å². The fourth-order valence-corrected chi connectivity index (χ4v) is 9.60. The van der Waals surface area contributed by atoms with Crippen molar-refractivity contribution in [3.63, 3.8) is 0 Å². The number of aliphatic hydroxyl groups excluding tert-OH is 2. The molecular formula is C42H76N2O12. The van der Waals surface area contributed by atoms with Crippen LogP contribution in [0.25, 0.3) is 0 Å². The zero-order valence-electron chi connectivity index (χ0n) is 36.7. The van der Waals surface area contributed by atoms with Crippen molar-refractivity contribution in [2.45, 2.75) is 185 Å². The highest BCUT2D eigenvalue weighted by Crippen LogP contribution is 2.42. The van der Waals surface area contributed by atoms with Gasteiger partial charge in [0.05, 0.1) is 60.9 Å². The summed E-state index contributed by atoms with van der Waals surface area (Å²) in [5, 5.41) is 35.2. The molecule has 326 valence electrons. The van der Waals surface area contributed by atoms with Crippen molar-refractivity contribution in [3.8, 4) is 0 Å². The standard InChI is InChI=1S/C42H76N2O12/c1-16-31-42(11,48)36-24(3)20-44(14)25(4)18-41(10,51-22-23(2)21-50-36)37(56-39-33(45)30(43(12)13)17-26(5)52-39)27(6)34(28(7)38(47)54-31)55-32-19-40(9,49-15)35(46)29(8)53-32/h24-37,39,45-46,48H,2,16-22H2,1,3-15H3/t24-,25+,26+,27-,28+,29-,30-,31+,32-,33+,34-,35-,36+,37+,39-,40+,41+,42+/m0/s1. The molecule has 14 heteroatoms. The average Bonchev–Trinajstić information content (AvgIpc) is 3.12. The normalized spacial score (nSPS) is 48.4. The summed E-state index contributed by atoms with van der Waals surface area (Å²) in [5.41, 5.74) is -2.98. The first-order chi connectivity index (χ1) is 26.0. The number of nitrogens with zero attached hydrogens (tertiary/aromatic N) is 2. The highest BCUT2D eigenvalue weighted by Gasteiger charge is 2.54. The first-order valence-electron chi connectivity index (χ1n) is 20.7. The average molecular weight is 801 g/mol. The minimum atomic E-state index is -1.58. The maximum Gasteiger partial charge on any atom is 0.311 e. The quantitative estimate of drug-likeness (QED) is 0.254. The van der Waals surface area contributed by atoms with Crippen LogP contribution in [0.15, 0.2) is 12.2 Å². The van der Waals surface area contributed by atoms with Crippen molar-refractivity contribution in [2.75, 3.05) is 48.0 Å². The lowest BCUT2D eigenvalue weighted by molar-refractivity contribution is -0.320. The van der Waals surface area contributed by atoms with Gasteiger partial charge < -0.3 is 63.0 Å². The highest BCUT2D eigenvalue weighted by atomic mass is 16.7. The number of likely N-dealkylation sites (N-methyl/N-ethyl adjacent to an activating group) is 1. The Kier molecular flexibility index (Phi) is 16.1. The van der Waals surface area contributed by atoms with Gasteiger partial charge in [0, 0.05) is 38.1 Å². The summed E-state index contributed by atoms with van der Waals surface area (Å²) in [6.07, 6.45) is -6.52. The Balaban J connectivity index is 1.94. The van der Waals surface area contributed by atoms with E-state index in [0.717, 1.165) is 0 Å². The van der Waals surface area contributed by atoms with Crippen molar-refractivity contribution in [1.82, 2.24) is 9.80 Å². The van der Waals surface area contributed by atoms with Crippen LogP contribution in [0.5, 0.6) is 0 Å². The van der Waals surface area contributed by atoms with E-state index in [0.29, 0.717) is 31.4 Å². The molecule has 0 saturated carbocycles. The summed E-state index contributed by atoms with van der Waals surface area (Å²) in [7, 11) is 7.44. The Morgan fingerprint density at radius 3 is 2.27 bits per heavy atom. The molecule has 0 aliphatic carbocycles. The topological polar surface area (TPSA) is 158 Å². The molecule has 14 nitrogen and oxygen atoms in total. The summed E-state index contributed by atoms with van der Waals surface area (Å²) < 4.78 is 52.2. The number of esters is 1. The number of hydrogen-bond donors (Lipinski definition) is 3. The molecule has 5 aliphatic rings. The van der Waals surface area contributed by atoms with Crippen LogP contribution < -0.4 is 0 Å². The number of fused-ring (bicyclic) bond motifs is 15. The third-order valence-corrected chi connectivity index (χ3v) is 13.3. The molecule has 0 unspecified atom stereocenters. The molecule has 5 fully saturated rings. The number of rotatable bonds is 7. The third-order valence-electron chi connectivity index (χ3n) is 13.3. The van der Waals surface area contributed by atoms with E-state index in [1.54, 1.807) is 27.9 Å². The number of carbonyl (C=O) groups is 1. The summed E-state index contributed by atoms with van der Waals surface area (Å²) in [6, 6.07) is -0.310. The Labute approximate surface area is 336 Å². The number of hydrogen-bond acceptors (Lipinski definition) is 14. The monoisotopic (exact) mass is 801 g/mol. The lowest BCUT2D eigenvalue weighted by Gasteiger charge is -2.50. The largest absolute Gasteiger partial charge is 0.459 e. The van der Waals surface area contributed by atoms with Crippen molar-refractivity contribution in [3.05, 3.63) is 12.2 Å². The van der Waals surface area contributed by atoms with E-state index < -0.39 is 89.9 Å². The molecule has 0 aromatic carbocycles. The molecule has 5 rings (SSSR count). The summed E-state index contributed by atoms with van der Waals surface area (Å²) in [4.78, 5) is 18.7. The predicted octanol–water partition coefficient (Wildman–Crippen LogP) is 3.52. The minimum Gasteiger partial charge on any atom is -0.459 e. The molecule has 2 bridgehead atoms. The fourth-order valence-electron chi connectivity index (χ4n) is 9.60. The molecule has 0 aromatic heterocycles. The van der Waals surface area contributed by atoms with Crippen molar-refractivity contribution < 1.29 is 58.0 Å². The molecule has 5 heterocycles. The van der Waals surface area contributed by atoms with E-state index in [4.69, 9.17) is 37.9 Å². The van der Waals surface area contributed by atoms with Gasteiger partial charge in [0.2, 0.25) is 0 Å². The molecule has 0 spiro atoms. The van der Waals surface area contributed by atoms with E-state index in [1.165, 1.54) is 0 Å². The van der Waals surface area contributed by atoms with Crippen LogP contribution in [-0.4, -0.2) is 169 Å². The van der Waals surface area contributed by atoms with E-state index in [1.807, 2.05) is 67.6 Å². The smallest absolute Gasteiger partial charge is 0.311 e. The van der Waals surface area contributed by atoms with Crippen LogP contribution in [0.1, 0.15) is 94.9 Å². The zero-order chi connectivity index (χ0) is 42.1. The third kappa shape index (κ3) is 10.4. The minimum absolute atomic E-state index is 0.0714. The van der Waals surface area contributed by atoms with Gasteiger partial charge in [-0.25, -0.2) is 0 Å². The van der Waals surface area contributed by atoms with Crippen LogP contribution in [-0.2, 0) is 42.7 Å². The van der Waals surface area contributed by atoms with Gasteiger partial charge in [-0.1, -0.05) is 27.4 Å². The van der Waals surface area contributed by atoms with Gasteiger partial charge in [-0.3, -0.25) is 4.79 Å². The van der Waals surface area contributed by atoms with E-state index in [9.17, 15) is 20.1 Å². The summed E-state index contributed by atoms with van der Waals surface area (Å²) >= 11 is 0. The van der Waals surface area contributed by atoms with E-state index in [2.05, 4.69) is 18.4 Å². The first kappa shape index (κ1) is 47.4. The zero-order valence-corrected chi connectivity index (χ0v) is 36.7. The molecule has 5 aliphatic heterocycles. The second-order valence-electron chi connectivity index (χ2n) is 18.4. The Morgan fingerprint density at radius 2 is 1.66 bits per heavy atom. The number of carbonyl (C=O) groups excluding carboxylic acids is 1. The number of methoxy groups -OCH3 is 1. The summed E-state index contributed by atoms with van der Waals surface area (Å²) in [6.45, 7) is 24.1. The molecule has 56 heavy (non-hydrogen) atoms. The Hall–Kier alpha value is -1.27. The lowest BCUT2D eigenvalue weighted by Crippen LogP contribution is -2.61.